The lowest BCUT2D eigenvalue weighted by Crippen LogP contribution is -2.37. The van der Waals surface area contributed by atoms with Gasteiger partial charge in [0, 0.05) is 11.6 Å². The van der Waals surface area contributed by atoms with Gasteiger partial charge in [-0.2, -0.15) is 0 Å². The highest BCUT2D eigenvalue weighted by atomic mass is 19.1. The van der Waals surface area contributed by atoms with E-state index in [9.17, 15) is 14.0 Å². The van der Waals surface area contributed by atoms with Crippen molar-refractivity contribution in [2.45, 2.75) is 13.0 Å². The molecule has 0 aliphatic rings. The Hall–Kier alpha value is -2.17. The van der Waals surface area contributed by atoms with Crippen LogP contribution in [-0.4, -0.2) is 23.0 Å². The summed E-state index contributed by atoms with van der Waals surface area (Å²) >= 11 is 0. The lowest BCUT2D eigenvalue weighted by molar-refractivity contribution is -0.140. The van der Waals surface area contributed by atoms with E-state index in [4.69, 9.17) is 5.11 Å². The highest BCUT2D eigenvalue weighted by Crippen LogP contribution is 2.07. The topological polar surface area (TPSA) is 66.4 Å². The Morgan fingerprint density at radius 3 is 2.65 bits per heavy atom. The Morgan fingerprint density at radius 2 is 2.06 bits per heavy atom. The third kappa shape index (κ3) is 4.06. The molecule has 1 rings (SSSR count). The Kier molecular flexibility index (Phi) is 4.39. The smallest absolute Gasteiger partial charge is 0.325 e. The molecule has 2 N–H and O–H groups in total. The van der Waals surface area contributed by atoms with Gasteiger partial charge in [-0.05, 0) is 19.1 Å². The van der Waals surface area contributed by atoms with Crippen LogP contribution in [0, 0.1) is 5.82 Å². The number of carboxylic acid groups (broad SMARTS) is 1. The fraction of sp³-hybridized carbons (Fsp3) is 0.167. The molecule has 4 nitrogen and oxygen atoms in total. The molecule has 0 aliphatic heterocycles. The standard InChI is InChI=1S/C12H12FNO3/c1-8(12(16)17)14-11(15)7-6-9-4-2-3-5-10(9)13/h2-8H,1H3,(H,14,15)(H,16,17)/t8-/m1/s1. The van der Waals surface area contributed by atoms with E-state index in [0.29, 0.717) is 0 Å². The maximum absolute atomic E-state index is 13.2. The molecule has 1 amide bonds. The van der Waals surface area contributed by atoms with Crippen LogP contribution in [-0.2, 0) is 9.59 Å². The van der Waals surface area contributed by atoms with E-state index in [0.717, 1.165) is 6.08 Å². The maximum atomic E-state index is 13.2. The molecule has 0 radical (unpaired) electrons. The fourth-order valence-electron chi connectivity index (χ4n) is 1.10. The number of benzene rings is 1. The normalized spacial score (nSPS) is 12.4. The first-order chi connectivity index (χ1) is 8.00. The van der Waals surface area contributed by atoms with Crippen LogP contribution in [0.3, 0.4) is 0 Å². The van der Waals surface area contributed by atoms with Crippen LogP contribution in [0.15, 0.2) is 30.3 Å². The minimum Gasteiger partial charge on any atom is -0.480 e. The first kappa shape index (κ1) is 12.9. The Bertz CT molecular complexity index is 457. The molecule has 0 heterocycles. The van der Waals surface area contributed by atoms with Crippen molar-refractivity contribution in [3.05, 3.63) is 41.7 Å². The SMILES string of the molecule is C[C@@H](NC(=O)C=Cc1ccccc1F)C(=O)O. The van der Waals surface area contributed by atoms with E-state index in [1.54, 1.807) is 12.1 Å². The van der Waals surface area contributed by atoms with Crippen LogP contribution < -0.4 is 5.32 Å². The molecule has 1 atom stereocenters. The van der Waals surface area contributed by atoms with Crippen molar-refractivity contribution in [2.75, 3.05) is 0 Å². The zero-order valence-electron chi connectivity index (χ0n) is 9.18. The second-order valence-corrected chi connectivity index (χ2v) is 3.42. The minimum absolute atomic E-state index is 0.269. The molecule has 0 saturated carbocycles. The molecule has 90 valence electrons. The summed E-state index contributed by atoms with van der Waals surface area (Å²) in [7, 11) is 0. The van der Waals surface area contributed by atoms with Gasteiger partial charge in [0.1, 0.15) is 11.9 Å². The number of halogens is 1. The summed E-state index contributed by atoms with van der Waals surface area (Å²) in [6.07, 6.45) is 2.39. The van der Waals surface area contributed by atoms with Gasteiger partial charge >= 0.3 is 5.97 Å². The summed E-state index contributed by atoms with van der Waals surface area (Å²) in [6.45, 7) is 1.34. The summed E-state index contributed by atoms with van der Waals surface area (Å²) < 4.78 is 13.2. The van der Waals surface area contributed by atoms with Gasteiger partial charge in [-0.1, -0.05) is 18.2 Å². The number of carbonyl (C=O) groups excluding carboxylic acids is 1. The molecule has 17 heavy (non-hydrogen) atoms. The molecule has 0 fully saturated rings. The van der Waals surface area contributed by atoms with E-state index >= 15 is 0 Å². The molecule has 0 saturated heterocycles. The van der Waals surface area contributed by atoms with Gasteiger partial charge in [0.2, 0.25) is 5.91 Å². The number of carbonyl (C=O) groups is 2. The van der Waals surface area contributed by atoms with Crippen molar-refractivity contribution in [1.29, 1.82) is 0 Å². The molecule has 1 aromatic carbocycles. The lowest BCUT2D eigenvalue weighted by atomic mass is 10.2. The van der Waals surface area contributed by atoms with Crippen molar-refractivity contribution in [2.24, 2.45) is 0 Å². The van der Waals surface area contributed by atoms with Crippen LogP contribution in [0.1, 0.15) is 12.5 Å². The van der Waals surface area contributed by atoms with Crippen LogP contribution in [0.4, 0.5) is 4.39 Å². The average molecular weight is 237 g/mol. The van der Waals surface area contributed by atoms with Crippen LogP contribution >= 0.6 is 0 Å². The van der Waals surface area contributed by atoms with Crippen LogP contribution in [0.2, 0.25) is 0 Å². The molecule has 1 aromatic rings. The molecule has 0 aromatic heterocycles. The summed E-state index contributed by atoms with van der Waals surface area (Å²) in [5, 5.41) is 10.8. The number of hydrogen-bond donors (Lipinski definition) is 2. The largest absolute Gasteiger partial charge is 0.480 e. The molecule has 0 bridgehead atoms. The zero-order valence-corrected chi connectivity index (χ0v) is 9.18. The predicted molar refractivity (Wildman–Crippen MR) is 60.7 cm³/mol. The van der Waals surface area contributed by atoms with Gasteiger partial charge in [0.05, 0.1) is 0 Å². The summed E-state index contributed by atoms with van der Waals surface area (Å²) in [4.78, 5) is 21.7. The number of aliphatic carboxylic acids is 1. The Balaban J connectivity index is 2.63. The predicted octanol–water partition coefficient (Wildman–Crippen LogP) is 1.43. The Morgan fingerprint density at radius 1 is 1.41 bits per heavy atom. The monoisotopic (exact) mass is 237 g/mol. The maximum Gasteiger partial charge on any atom is 0.325 e. The van der Waals surface area contributed by atoms with Gasteiger partial charge in [0.25, 0.3) is 0 Å². The highest BCUT2D eigenvalue weighted by molar-refractivity contribution is 5.94. The molecule has 0 unspecified atom stereocenters. The number of hydrogen-bond acceptors (Lipinski definition) is 2. The zero-order chi connectivity index (χ0) is 12.8. The quantitative estimate of drug-likeness (QED) is 0.778. The van der Waals surface area contributed by atoms with E-state index in [1.807, 2.05) is 0 Å². The number of rotatable bonds is 4. The lowest BCUT2D eigenvalue weighted by Gasteiger charge is -2.05. The minimum atomic E-state index is -1.13. The molecular weight excluding hydrogens is 225 g/mol. The summed E-state index contributed by atoms with van der Waals surface area (Å²) in [5.74, 6) is -2.15. The highest BCUT2D eigenvalue weighted by Gasteiger charge is 2.11. The third-order valence-electron chi connectivity index (χ3n) is 2.05. The van der Waals surface area contributed by atoms with Gasteiger partial charge in [0.15, 0.2) is 0 Å². The van der Waals surface area contributed by atoms with E-state index < -0.39 is 23.7 Å². The average Bonchev–Trinajstić information content (AvgIpc) is 2.27. The van der Waals surface area contributed by atoms with E-state index in [2.05, 4.69) is 5.32 Å². The molecular formula is C12H12FNO3. The third-order valence-corrected chi connectivity index (χ3v) is 2.05. The molecule has 0 aliphatic carbocycles. The van der Waals surface area contributed by atoms with Gasteiger partial charge in [-0.25, -0.2) is 4.39 Å². The van der Waals surface area contributed by atoms with Gasteiger partial charge in [-0.3, -0.25) is 9.59 Å². The van der Waals surface area contributed by atoms with Crippen molar-refractivity contribution >= 4 is 18.0 Å². The van der Waals surface area contributed by atoms with Crippen molar-refractivity contribution in [3.63, 3.8) is 0 Å². The number of carboxylic acids is 1. The van der Waals surface area contributed by atoms with Crippen LogP contribution in [0.5, 0.6) is 0 Å². The second kappa shape index (κ2) is 5.79. The summed E-state index contributed by atoms with van der Waals surface area (Å²) in [6, 6.07) is 4.99. The first-order valence-electron chi connectivity index (χ1n) is 4.96. The van der Waals surface area contributed by atoms with E-state index in [1.165, 1.54) is 25.1 Å². The van der Waals surface area contributed by atoms with Gasteiger partial charge in [-0.15, -0.1) is 0 Å². The van der Waals surface area contributed by atoms with Crippen molar-refractivity contribution in [1.82, 2.24) is 5.32 Å². The van der Waals surface area contributed by atoms with Crippen LogP contribution in [0.25, 0.3) is 6.08 Å². The van der Waals surface area contributed by atoms with E-state index in [-0.39, 0.29) is 5.56 Å². The molecule has 5 heteroatoms. The molecule has 0 spiro atoms. The number of nitrogens with one attached hydrogen (secondary N) is 1. The fourth-order valence-corrected chi connectivity index (χ4v) is 1.10. The van der Waals surface area contributed by atoms with Crippen molar-refractivity contribution < 1.29 is 19.1 Å². The Labute approximate surface area is 97.8 Å². The first-order valence-corrected chi connectivity index (χ1v) is 4.96. The van der Waals surface area contributed by atoms with Gasteiger partial charge < -0.3 is 10.4 Å². The number of amides is 1. The van der Waals surface area contributed by atoms with Crippen molar-refractivity contribution in [3.8, 4) is 0 Å². The summed E-state index contributed by atoms with van der Waals surface area (Å²) in [5.41, 5.74) is 0.269. The second-order valence-electron chi connectivity index (χ2n) is 3.42.